The maximum atomic E-state index is 8.93. The molecule has 2 aromatic carbocycles. The highest BCUT2D eigenvalue weighted by Gasteiger charge is 2.12. The van der Waals surface area contributed by atoms with Gasteiger partial charge in [-0.1, -0.05) is 32.9 Å². The molecule has 2 aromatic rings. The highest BCUT2D eigenvalue weighted by atomic mass is 14.9. The Morgan fingerprint density at radius 1 is 1.05 bits per heavy atom. The smallest absolute Gasteiger partial charge is 0.0992 e. The van der Waals surface area contributed by atoms with Crippen LogP contribution in [0.3, 0.4) is 0 Å². The third kappa shape index (κ3) is 3.10. The zero-order chi connectivity index (χ0) is 14.8. The molecule has 3 nitrogen and oxygen atoms in total. The van der Waals surface area contributed by atoms with Crippen molar-refractivity contribution in [3.05, 3.63) is 53.6 Å². The Bertz CT molecular complexity index is 643. The van der Waals surface area contributed by atoms with Crippen LogP contribution in [0.25, 0.3) is 0 Å². The fourth-order valence-corrected chi connectivity index (χ4v) is 1.94. The van der Waals surface area contributed by atoms with E-state index in [1.165, 1.54) is 5.56 Å². The first-order chi connectivity index (χ1) is 9.40. The lowest BCUT2D eigenvalue weighted by atomic mass is 9.87. The summed E-state index contributed by atoms with van der Waals surface area (Å²) in [7, 11) is 0. The summed E-state index contributed by atoms with van der Waals surface area (Å²) in [5.41, 5.74) is 10.3. The Hall–Kier alpha value is -2.47. The van der Waals surface area contributed by atoms with E-state index in [9.17, 15) is 0 Å². The van der Waals surface area contributed by atoms with Crippen LogP contribution in [-0.4, -0.2) is 0 Å². The minimum Gasteiger partial charge on any atom is -0.397 e. The molecule has 0 radical (unpaired) electrons. The van der Waals surface area contributed by atoms with Crippen molar-refractivity contribution in [1.29, 1.82) is 5.26 Å². The monoisotopic (exact) mass is 265 g/mol. The second-order valence-electron chi connectivity index (χ2n) is 5.87. The van der Waals surface area contributed by atoms with Crippen LogP contribution in [0.2, 0.25) is 0 Å². The van der Waals surface area contributed by atoms with Crippen LogP contribution in [0.5, 0.6) is 0 Å². The van der Waals surface area contributed by atoms with Crippen molar-refractivity contribution in [2.75, 3.05) is 11.1 Å². The predicted molar refractivity (Wildman–Crippen MR) is 84.0 cm³/mol. The van der Waals surface area contributed by atoms with Crippen molar-refractivity contribution >= 4 is 17.1 Å². The molecule has 0 spiro atoms. The third-order valence-corrected chi connectivity index (χ3v) is 3.21. The summed E-state index contributed by atoms with van der Waals surface area (Å²) in [5, 5.41) is 12.2. The lowest BCUT2D eigenvalue weighted by molar-refractivity contribution is 0.590. The Kier molecular flexibility index (Phi) is 3.67. The van der Waals surface area contributed by atoms with Crippen LogP contribution in [0.15, 0.2) is 42.5 Å². The standard InChI is InChI=1S/C17H19N3/c1-17(2,3)13-5-7-14(8-6-13)20-16-10-12(11-18)4-9-15(16)19/h4-10,20H,19H2,1-3H3. The zero-order valence-electron chi connectivity index (χ0n) is 12.1. The number of anilines is 3. The summed E-state index contributed by atoms with van der Waals surface area (Å²) >= 11 is 0. The maximum absolute atomic E-state index is 8.93. The molecule has 0 aliphatic rings. The van der Waals surface area contributed by atoms with Crippen molar-refractivity contribution < 1.29 is 0 Å². The highest BCUT2D eigenvalue weighted by Crippen LogP contribution is 2.27. The lowest BCUT2D eigenvalue weighted by Gasteiger charge is -2.19. The second kappa shape index (κ2) is 5.26. The Balaban J connectivity index is 2.25. The van der Waals surface area contributed by atoms with E-state index in [0.29, 0.717) is 11.3 Å². The Morgan fingerprint density at radius 3 is 2.25 bits per heavy atom. The molecule has 0 aliphatic carbocycles. The van der Waals surface area contributed by atoms with Gasteiger partial charge in [0.1, 0.15) is 0 Å². The van der Waals surface area contributed by atoms with E-state index in [2.05, 4.69) is 44.3 Å². The maximum Gasteiger partial charge on any atom is 0.0992 e. The summed E-state index contributed by atoms with van der Waals surface area (Å²) in [6.45, 7) is 6.55. The van der Waals surface area contributed by atoms with Crippen molar-refractivity contribution in [3.63, 3.8) is 0 Å². The number of nitrogens with two attached hydrogens (primary N) is 1. The summed E-state index contributed by atoms with van der Waals surface area (Å²) in [4.78, 5) is 0. The Labute approximate surface area is 120 Å². The van der Waals surface area contributed by atoms with Crippen molar-refractivity contribution in [2.24, 2.45) is 0 Å². The number of nitrogen functional groups attached to an aromatic ring is 1. The third-order valence-electron chi connectivity index (χ3n) is 3.21. The zero-order valence-corrected chi connectivity index (χ0v) is 12.1. The number of hydrogen-bond donors (Lipinski definition) is 2. The van der Waals surface area contributed by atoms with Gasteiger partial charge in [0.05, 0.1) is 23.0 Å². The van der Waals surface area contributed by atoms with Gasteiger partial charge in [0, 0.05) is 5.69 Å². The molecular weight excluding hydrogens is 246 g/mol. The van der Waals surface area contributed by atoms with Crippen LogP contribution in [-0.2, 0) is 5.41 Å². The van der Waals surface area contributed by atoms with E-state index in [0.717, 1.165) is 11.4 Å². The molecular formula is C17H19N3. The molecule has 0 heterocycles. The van der Waals surface area contributed by atoms with Gasteiger partial charge in [-0.15, -0.1) is 0 Å². The topological polar surface area (TPSA) is 61.8 Å². The van der Waals surface area contributed by atoms with E-state index in [1.807, 2.05) is 12.1 Å². The minimum atomic E-state index is 0.137. The summed E-state index contributed by atoms with van der Waals surface area (Å²) in [6, 6.07) is 15.6. The molecule has 0 atom stereocenters. The number of benzene rings is 2. The number of nitrogens with zero attached hydrogens (tertiary/aromatic N) is 1. The molecule has 102 valence electrons. The van der Waals surface area contributed by atoms with Gasteiger partial charge in [-0.25, -0.2) is 0 Å². The summed E-state index contributed by atoms with van der Waals surface area (Å²) in [6.07, 6.45) is 0. The molecule has 2 rings (SSSR count). The van der Waals surface area contributed by atoms with E-state index in [-0.39, 0.29) is 5.41 Å². The molecule has 0 unspecified atom stereocenters. The number of rotatable bonds is 2. The molecule has 0 fully saturated rings. The normalized spacial score (nSPS) is 10.9. The molecule has 0 saturated carbocycles. The van der Waals surface area contributed by atoms with Gasteiger partial charge in [0.15, 0.2) is 0 Å². The SMILES string of the molecule is CC(C)(C)c1ccc(Nc2cc(C#N)ccc2N)cc1. The van der Waals surface area contributed by atoms with Crippen molar-refractivity contribution in [2.45, 2.75) is 26.2 Å². The first-order valence-corrected chi connectivity index (χ1v) is 6.57. The molecule has 0 amide bonds. The first-order valence-electron chi connectivity index (χ1n) is 6.57. The van der Waals surface area contributed by atoms with Crippen LogP contribution in [0.4, 0.5) is 17.1 Å². The summed E-state index contributed by atoms with van der Waals surface area (Å²) in [5.74, 6) is 0. The average Bonchev–Trinajstić information content (AvgIpc) is 2.41. The second-order valence-corrected chi connectivity index (χ2v) is 5.87. The highest BCUT2D eigenvalue weighted by molar-refractivity contribution is 5.74. The van der Waals surface area contributed by atoms with Gasteiger partial charge in [-0.3, -0.25) is 0 Å². The fourth-order valence-electron chi connectivity index (χ4n) is 1.94. The van der Waals surface area contributed by atoms with Crippen LogP contribution < -0.4 is 11.1 Å². The van der Waals surface area contributed by atoms with Crippen molar-refractivity contribution in [1.82, 2.24) is 0 Å². The molecule has 0 saturated heterocycles. The van der Waals surface area contributed by atoms with E-state index in [4.69, 9.17) is 11.0 Å². The van der Waals surface area contributed by atoms with Crippen LogP contribution in [0.1, 0.15) is 31.9 Å². The van der Waals surface area contributed by atoms with Gasteiger partial charge in [-0.2, -0.15) is 5.26 Å². The quantitative estimate of drug-likeness (QED) is 0.801. The molecule has 20 heavy (non-hydrogen) atoms. The summed E-state index contributed by atoms with van der Waals surface area (Å²) < 4.78 is 0. The van der Waals surface area contributed by atoms with Crippen molar-refractivity contribution in [3.8, 4) is 6.07 Å². The molecule has 0 aliphatic heterocycles. The number of nitrogens with one attached hydrogen (secondary N) is 1. The molecule has 3 N–H and O–H groups in total. The van der Waals surface area contributed by atoms with Gasteiger partial charge in [-0.05, 0) is 41.3 Å². The Morgan fingerprint density at radius 2 is 1.70 bits per heavy atom. The van der Waals surface area contributed by atoms with Gasteiger partial charge in [0.2, 0.25) is 0 Å². The average molecular weight is 265 g/mol. The minimum absolute atomic E-state index is 0.137. The van der Waals surface area contributed by atoms with Crippen LogP contribution >= 0.6 is 0 Å². The van der Waals surface area contributed by atoms with Gasteiger partial charge in [0.25, 0.3) is 0 Å². The molecule has 3 heteroatoms. The lowest BCUT2D eigenvalue weighted by Crippen LogP contribution is -2.10. The molecule has 0 bridgehead atoms. The first kappa shape index (κ1) is 14.0. The number of hydrogen-bond acceptors (Lipinski definition) is 3. The van der Waals surface area contributed by atoms with Gasteiger partial charge < -0.3 is 11.1 Å². The van der Waals surface area contributed by atoms with E-state index < -0.39 is 0 Å². The largest absolute Gasteiger partial charge is 0.397 e. The number of nitriles is 1. The van der Waals surface area contributed by atoms with Crippen LogP contribution in [0, 0.1) is 11.3 Å². The van der Waals surface area contributed by atoms with Gasteiger partial charge >= 0.3 is 0 Å². The van der Waals surface area contributed by atoms with E-state index >= 15 is 0 Å². The fraction of sp³-hybridized carbons (Fsp3) is 0.235. The van der Waals surface area contributed by atoms with E-state index in [1.54, 1.807) is 18.2 Å². The molecule has 0 aromatic heterocycles. The predicted octanol–water partition coefficient (Wildman–Crippen LogP) is 4.18.